The van der Waals surface area contributed by atoms with Crippen LogP contribution in [0.5, 0.6) is 0 Å². The summed E-state index contributed by atoms with van der Waals surface area (Å²) in [5.41, 5.74) is -0.149. The zero-order valence-corrected chi connectivity index (χ0v) is 8.96. The highest BCUT2D eigenvalue weighted by Gasteiger charge is 2.16. The molecule has 0 unspecified atom stereocenters. The van der Waals surface area contributed by atoms with Crippen LogP contribution < -0.4 is 5.56 Å². The third-order valence-corrected chi connectivity index (χ3v) is 2.57. The lowest BCUT2D eigenvalue weighted by molar-refractivity contribution is -0.135. The molecule has 1 amide bonds. The van der Waals surface area contributed by atoms with E-state index in [9.17, 15) is 9.59 Å². The van der Waals surface area contributed by atoms with Gasteiger partial charge in [0, 0.05) is 25.4 Å². The Morgan fingerprint density at radius 1 is 1.31 bits per heavy atom. The largest absolute Gasteiger partial charge is 0.378 e. The molecule has 1 aliphatic rings. The molecule has 1 aromatic heterocycles. The number of pyridine rings is 1. The molecular weight excluding hydrogens is 208 g/mol. The average Bonchev–Trinajstić information content (AvgIpc) is 2.33. The predicted octanol–water partition coefficient (Wildman–Crippen LogP) is -0.293. The first-order valence-corrected chi connectivity index (χ1v) is 5.28. The Labute approximate surface area is 93.2 Å². The summed E-state index contributed by atoms with van der Waals surface area (Å²) in [6.07, 6.45) is 1.63. The summed E-state index contributed by atoms with van der Waals surface area (Å²) in [7, 11) is 0. The smallest absolute Gasteiger partial charge is 0.250 e. The van der Waals surface area contributed by atoms with Crippen LogP contribution in [-0.4, -0.2) is 41.7 Å². The Kier molecular flexibility index (Phi) is 3.36. The first kappa shape index (κ1) is 10.9. The van der Waals surface area contributed by atoms with Crippen LogP contribution in [0.1, 0.15) is 0 Å². The van der Waals surface area contributed by atoms with Gasteiger partial charge in [-0.1, -0.05) is 6.07 Å². The van der Waals surface area contributed by atoms with Crippen molar-refractivity contribution in [2.45, 2.75) is 6.54 Å². The average molecular weight is 222 g/mol. The molecular formula is C11H14N2O3. The van der Waals surface area contributed by atoms with Crippen LogP contribution in [0.15, 0.2) is 29.2 Å². The van der Waals surface area contributed by atoms with E-state index in [1.54, 1.807) is 23.2 Å². The van der Waals surface area contributed by atoms with E-state index in [0.29, 0.717) is 26.3 Å². The highest BCUT2D eigenvalue weighted by atomic mass is 16.5. The maximum atomic E-state index is 11.8. The number of hydrogen-bond donors (Lipinski definition) is 0. The summed E-state index contributed by atoms with van der Waals surface area (Å²) in [6, 6.07) is 4.86. The molecule has 5 heteroatoms. The van der Waals surface area contributed by atoms with Crippen LogP contribution >= 0.6 is 0 Å². The lowest BCUT2D eigenvalue weighted by Gasteiger charge is -2.27. The molecule has 0 N–H and O–H groups in total. The van der Waals surface area contributed by atoms with Crippen molar-refractivity contribution in [1.29, 1.82) is 0 Å². The fourth-order valence-corrected chi connectivity index (χ4v) is 1.65. The molecule has 0 bridgehead atoms. The number of amides is 1. The SMILES string of the molecule is O=C(Cn1ccccc1=O)N1CCOCC1. The van der Waals surface area contributed by atoms with E-state index in [2.05, 4.69) is 0 Å². The van der Waals surface area contributed by atoms with Crippen molar-refractivity contribution in [3.63, 3.8) is 0 Å². The molecule has 16 heavy (non-hydrogen) atoms. The number of carbonyl (C=O) groups excluding carboxylic acids is 1. The minimum absolute atomic E-state index is 0.0309. The van der Waals surface area contributed by atoms with Gasteiger partial charge in [0.25, 0.3) is 5.56 Å². The van der Waals surface area contributed by atoms with Crippen molar-refractivity contribution in [3.05, 3.63) is 34.7 Å². The van der Waals surface area contributed by atoms with E-state index >= 15 is 0 Å². The van der Waals surface area contributed by atoms with Gasteiger partial charge in [-0.25, -0.2) is 0 Å². The van der Waals surface area contributed by atoms with Crippen molar-refractivity contribution in [3.8, 4) is 0 Å². The monoisotopic (exact) mass is 222 g/mol. The van der Waals surface area contributed by atoms with Crippen LogP contribution in [0.2, 0.25) is 0 Å². The Bertz CT molecular complexity index is 421. The maximum Gasteiger partial charge on any atom is 0.250 e. The van der Waals surface area contributed by atoms with E-state index in [0.717, 1.165) is 0 Å². The van der Waals surface area contributed by atoms with Gasteiger partial charge >= 0.3 is 0 Å². The van der Waals surface area contributed by atoms with Gasteiger partial charge in [0.15, 0.2) is 0 Å². The molecule has 0 atom stereocenters. The second kappa shape index (κ2) is 4.94. The van der Waals surface area contributed by atoms with Gasteiger partial charge in [0.1, 0.15) is 6.54 Å². The molecule has 1 saturated heterocycles. The highest BCUT2D eigenvalue weighted by molar-refractivity contribution is 5.76. The van der Waals surface area contributed by atoms with Gasteiger partial charge in [-0.15, -0.1) is 0 Å². The number of morpholine rings is 1. The number of aromatic nitrogens is 1. The number of nitrogens with zero attached hydrogens (tertiary/aromatic N) is 2. The predicted molar refractivity (Wildman–Crippen MR) is 58.1 cm³/mol. The molecule has 5 nitrogen and oxygen atoms in total. The minimum atomic E-state index is -0.149. The Morgan fingerprint density at radius 3 is 2.75 bits per heavy atom. The first-order chi connectivity index (χ1) is 7.77. The molecule has 2 heterocycles. The van der Waals surface area contributed by atoms with Crippen molar-refractivity contribution >= 4 is 5.91 Å². The fraction of sp³-hybridized carbons (Fsp3) is 0.455. The quantitative estimate of drug-likeness (QED) is 0.690. The van der Waals surface area contributed by atoms with Crippen LogP contribution in [-0.2, 0) is 16.1 Å². The number of hydrogen-bond acceptors (Lipinski definition) is 3. The fourth-order valence-electron chi connectivity index (χ4n) is 1.65. The standard InChI is InChI=1S/C11H14N2O3/c14-10-3-1-2-4-13(10)9-11(15)12-5-7-16-8-6-12/h1-4H,5-9H2. The van der Waals surface area contributed by atoms with Crippen LogP contribution in [0, 0.1) is 0 Å². The zero-order valence-electron chi connectivity index (χ0n) is 8.96. The molecule has 0 saturated carbocycles. The van der Waals surface area contributed by atoms with Crippen molar-refractivity contribution in [2.24, 2.45) is 0 Å². The molecule has 0 spiro atoms. The normalized spacial score (nSPS) is 16.1. The lowest BCUT2D eigenvalue weighted by Crippen LogP contribution is -2.43. The van der Waals surface area contributed by atoms with Crippen LogP contribution in [0.4, 0.5) is 0 Å². The van der Waals surface area contributed by atoms with Crippen molar-refractivity contribution < 1.29 is 9.53 Å². The van der Waals surface area contributed by atoms with E-state index in [4.69, 9.17) is 4.74 Å². The van der Waals surface area contributed by atoms with Gasteiger partial charge in [-0.3, -0.25) is 9.59 Å². The Balaban J connectivity index is 2.01. The van der Waals surface area contributed by atoms with E-state index in [1.165, 1.54) is 10.6 Å². The second-order valence-corrected chi connectivity index (χ2v) is 3.66. The van der Waals surface area contributed by atoms with E-state index in [1.807, 2.05) is 0 Å². The molecule has 86 valence electrons. The highest BCUT2D eigenvalue weighted by Crippen LogP contribution is 1.98. The van der Waals surface area contributed by atoms with Crippen molar-refractivity contribution in [2.75, 3.05) is 26.3 Å². The lowest BCUT2D eigenvalue weighted by atomic mass is 10.4. The Hall–Kier alpha value is -1.62. The first-order valence-electron chi connectivity index (χ1n) is 5.28. The van der Waals surface area contributed by atoms with Crippen molar-refractivity contribution in [1.82, 2.24) is 9.47 Å². The van der Waals surface area contributed by atoms with Gasteiger partial charge in [0.05, 0.1) is 13.2 Å². The molecule has 1 fully saturated rings. The zero-order chi connectivity index (χ0) is 11.4. The Morgan fingerprint density at radius 2 is 2.06 bits per heavy atom. The van der Waals surface area contributed by atoms with Gasteiger partial charge < -0.3 is 14.2 Å². The number of carbonyl (C=O) groups is 1. The minimum Gasteiger partial charge on any atom is -0.378 e. The summed E-state index contributed by atoms with van der Waals surface area (Å²) in [5.74, 6) is -0.0309. The summed E-state index contributed by atoms with van der Waals surface area (Å²) in [5, 5.41) is 0. The third kappa shape index (κ3) is 2.49. The summed E-state index contributed by atoms with van der Waals surface area (Å²) in [6.45, 7) is 2.49. The molecule has 1 aliphatic heterocycles. The molecule has 0 aromatic carbocycles. The maximum absolute atomic E-state index is 11.8. The van der Waals surface area contributed by atoms with E-state index < -0.39 is 0 Å². The summed E-state index contributed by atoms with van der Waals surface area (Å²) >= 11 is 0. The van der Waals surface area contributed by atoms with Gasteiger partial charge in [-0.05, 0) is 6.07 Å². The molecule has 1 aromatic rings. The van der Waals surface area contributed by atoms with Crippen LogP contribution in [0.25, 0.3) is 0 Å². The summed E-state index contributed by atoms with van der Waals surface area (Å²) < 4.78 is 6.58. The second-order valence-electron chi connectivity index (χ2n) is 3.66. The molecule has 0 aliphatic carbocycles. The van der Waals surface area contributed by atoms with E-state index in [-0.39, 0.29) is 18.0 Å². The molecule has 0 radical (unpaired) electrons. The van der Waals surface area contributed by atoms with Gasteiger partial charge in [0.2, 0.25) is 5.91 Å². The topological polar surface area (TPSA) is 51.5 Å². The van der Waals surface area contributed by atoms with Gasteiger partial charge in [-0.2, -0.15) is 0 Å². The number of ether oxygens (including phenoxy) is 1. The molecule has 2 rings (SSSR count). The third-order valence-electron chi connectivity index (χ3n) is 2.57. The summed E-state index contributed by atoms with van der Waals surface area (Å²) in [4.78, 5) is 25.0. The number of rotatable bonds is 2. The van der Waals surface area contributed by atoms with Crippen LogP contribution in [0.3, 0.4) is 0 Å².